The molecule has 6 aromatic rings. The molecule has 0 spiro atoms. The number of rotatable bonds is 4. The molecule has 0 unspecified atom stereocenters. The van der Waals surface area contributed by atoms with Crippen LogP contribution in [0.15, 0.2) is 109 Å². The minimum absolute atomic E-state index is 0.617. The lowest BCUT2D eigenvalue weighted by Gasteiger charge is -2.18. The summed E-state index contributed by atoms with van der Waals surface area (Å²) in [6, 6.07) is 35.2. The molecule has 0 aliphatic heterocycles. The summed E-state index contributed by atoms with van der Waals surface area (Å²) in [5, 5.41) is 12.4. The molecule has 2 aromatic heterocycles. The number of nitriles is 1. The highest BCUT2D eigenvalue weighted by Crippen LogP contribution is 2.41. The normalized spacial score (nSPS) is 11.0. The third-order valence-corrected chi connectivity index (χ3v) is 6.45. The molecule has 166 valence electrons. The summed E-state index contributed by atoms with van der Waals surface area (Å²) in [6.45, 7) is 0. The molecule has 0 aliphatic rings. The molecule has 0 aliphatic carbocycles. The second-order valence-electron chi connectivity index (χ2n) is 8.34. The molecule has 0 N–H and O–H groups in total. The second kappa shape index (κ2) is 8.48. The Hall–Kier alpha value is -4.88. The molecular weight excluding hydrogens is 430 g/mol. The van der Waals surface area contributed by atoms with E-state index in [4.69, 9.17) is 4.74 Å². The van der Waals surface area contributed by atoms with E-state index in [1.165, 1.54) is 0 Å². The molecule has 0 bridgehead atoms. The van der Waals surface area contributed by atoms with E-state index in [0.717, 1.165) is 55.5 Å². The fraction of sp³-hybridized carbons (Fsp3) is 0.0323. The molecule has 0 fully saturated rings. The van der Waals surface area contributed by atoms with Gasteiger partial charge in [-0.05, 0) is 47.5 Å². The Morgan fingerprint density at radius 2 is 1.46 bits per heavy atom. The van der Waals surface area contributed by atoms with Crippen molar-refractivity contribution in [3.05, 3.63) is 115 Å². The predicted octanol–water partition coefficient (Wildman–Crippen LogP) is 7.39. The number of methoxy groups -OCH3 is 1. The Balaban J connectivity index is 1.80. The van der Waals surface area contributed by atoms with E-state index < -0.39 is 0 Å². The highest BCUT2D eigenvalue weighted by Gasteiger charge is 2.20. The van der Waals surface area contributed by atoms with Crippen molar-refractivity contribution in [2.24, 2.45) is 0 Å². The fourth-order valence-corrected chi connectivity index (χ4v) is 4.89. The molecule has 0 atom stereocenters. The third kappa shape index (κ3) is 3.34. The van der Waals surface area contributed by atoms with Crippen LogP contribution >= 0.6 is 0 Å². The number of hydrogen-bond donors (Lipinski definition) is 0. The van der Waals surface area contributed by atoms with Crippen molar-refractivity contribution in [1.82, 2.24) is 9.55 Å². The summed E-state index contributed by atoms with van der Waals surface area (Å²) in [5.74, 6) is 0.799. The van der Waals surface area contributed by atoms with Gasteiger partial charge in [0.1, 0.15) is 5.75 Å². The van der Waals surface area contributed by atoms with Crippen LogP contribution in [0.3, 0.4) is 0 Å². The van der Waals surface area contributed by atoms with E-state index >= 15 is 0 Å². The van der Waals surface area contributed by atoms with Crippen LogP contribution in [0.2, 0.25) is 0 Å². The Kier molecular flexibility index (Phi) is 5.02. The van der Waals surface area contributed by atoms with Gasteiger partial charge in [-0.15, -0.1) is 0 Å². The standard InChI is InChI=1S/C31H21N3O/c1-35-30-13-7-11-25-24-10-5-6-12-28(24)34(31(25)30)29-19-26(22-14-16-33-17-15-22)23(20-32)18-27(29)21-8-3-2-4-9-21/h2-19H,1H3. The van der Waals surface area contributed by atoms with Gasteiger partial charge in [0.2, 0.25) is 0 Å². The van der Waals surface area contributed by atoms with Crippen molar-refractivity contribution in [1.29, 1.82) is 5.26 Å². The summed E-state index contributed by atoms with van der Waals surface area (Å²) < 4.78 is 8.10. The molecule has 4 aromatic carbocycles. The number of fused-ring (bicyclic) bond motifs is 3. The van der Waals surface area contributed by atoms with Gasteiger partial charge < -0.3 is 9.30 Å². The summed E-state index contributed by atoms with van der Waals surface area (Å²) >= 11 is 0. The van der Waals surface area contributed by atoms with Gasteiger partial charge in [0.15, 0.2) is 0 Å². The molecule has 6 rings (SSSR count). The van der Waals surface area contributed by atoms with Gasteiger partial charge in [-0.25, -0.2) is 0 Å². The first kappa shape index (κ1) is 20.7. The van der Waals surface area contributed by atoms with E-state index in [2.05, 4.69) is 64.2 Å². The van der Waals surface area contributed by atoms with Crippen molar-refractivity contribution in [3.8, 4) is 39.8 Å². The van der Waals surface area contributed by atoms with Crippen molar-refractivity contribution < 1.29 is 4.74 Å². The van der Waals surface area contributed by atoms with Crippen LogP contribution < -0.4 is 4.74 Å². The monoisotopic (exact) mass is 451 g/mol. The van der Waals surface area contributed by atoms with E-state index in [1.807, 2.05) is 48.5 Å². The predicted molar refractivity (Wildman–Crippen MR) is 141 cm³/mol. The number of para-hydroxylation sites is 2. The summed E-state index contributed by atoms with van der Waals surface area (Å²) in [6.07, 6.45) is 3.51. The van der Waals surface area contributed by atoms with Crippen LogP contribution in [0.5, 0.6) is 5.75 Å². The Labute approximate surface area is 203 Å². The molecular formula is C31H21N3O. The zero-order chi connectivity index (χ0) is 23.8. The smallest absolute Gasteiger partial charge is 0.143 e. The molecule has 0 radical (unpaired) electrons. The fourth-order valence-electron chi connectivity index (χ4n) is 4.89. The highest BCUT2D eigenvalue weighted by molar-refractivity contribution is 6.11. The van der Waals surface area contributed by atoms with Gasteiger partial charge in [-0.2, -0.15) is 5.26 Å². The number of benzene rings is 4. The maximum absolute atomic E-state index is 10.1. The van der Waals surface area contributed by atoms with Crippen molar-refractivity contribution >= 4 is 21.8 Å². The largest absolute Gasteiger partial charge is 0.495 e. The highest BCUT2D eigenvalue weighted by atomic mass is 16.5. The third-order valence-electron chi connectivity index (χ3n) is 6.45. The first-order valence-corrected chi connectivity index (χ1v) is 11.4. The number of hydrogen-bond acceptors (Lipinski definition) is 3. The quantitative estimate of drug-likeness (QED) is 0.281. The Bertz CT molecular complexity index is 1730. The van der Waals surface area contributed by atoms with E-state index in [9.17, 15) is 5.26 Å². The zero-order valence-corrected chi connectivity index (χ0v) is 19.1. The van der Waals surface area contributed by atoms with Crippen LogP contribution in [0.1, 0.15) is 5.56 Å². The van der Waals surface area contributed by atoms with Crippen LogP contribution in [0.25, 0.3) is 49.7 Å². The number of pyridine rings is 1. The maximum atomic E-state index is 10.1. The summed E-state index contributed by atoms with van der Waals surface area (Å²) in [4.78, 5) is 4.16. The van der Waals surface area contributed by atoms with Gasteiger partial charge in [0, 0.05) is 34.3 Å². The van der Waals surface area contributed by atoms with Crippen molar-refractivity contribution in [2.75, 3.05) is 7.11 Å². The van der Waals surface area contributed by atoms with Crippen LogP contribution in [-0.4, -0.2) is 16.7 Å². The number of ether oxygens (including phenoxy) is 1. The topological polar surface area (TPSA) is 50.8 Å². The average molecular weight is 452 g/mol. The molecule has 0 saturated carbocycles. The van der Waals surface area contributed by atoms with Crippen LogP contribution in [0.4, 0.5) is 0 Å². The zero-order valence-electron chi connectivity index (χ0n) is 19.1. The lowest BCUT2D eigenvalue weighted by molar-refractivity contribution is 0.418. The molecule has 35 heavy (non-hydrogen) atoms. The van der Waals surface area contributed by atoms with Crippen molar-refractivity contribution in [2.45, 2.75) is 0 Å². The summed E-state index contributed by atoms with van der Waals surface area (Å²) in [5.41, 5.74) is 7.52. The number of aromatic nitrogens is 2. The molecule has 4 heteroatoms. The molecule has 4 nitrogen and oxygen atoms in total. The van der Waals surface area contributed by atoms with E-state index in [-0.39, 0.29) is 0 Å². The SMILES string of the molecule is COc1cccc2c3ccccc3n(-c3cc(-c4ccncc4)c(C#N)cc3-c3ccccc3)c12. The van der Waals surface area contributed by atoms with Gasteiger partial charge in [0.25, 0.3) is 0 Å². The molecule has 2 heterocycles. The Morgan fingerprint density at radius 3 is 2.23 bits per heavy atom. The first-order chi connectivity index (χ1) is 17.3. The maximum Gasteiger partial charge on any atom is 0.143 e. The second-order valence-corrected chi connectivity index (χ2v) is 8.34. The summed E-state index contributed by atoms with van der Waals surface area (Å²) in [7, 11) is 1.70. The molecule has 0 amide bonds. The van der Waals surface area contributed by atoms with E-state index in [0.29, 0.717) is 5.56 Å². The van der Waals surface area contributed by atoms with Gasteiger partial charge in [-0.3, -0.25) is 4.98 Å². The number of nitrogens with zero attached hydrogens (tertiary/aromatic N) is 3. The average Bonchev–Trinajstić information content (AvgIpc) is 3.28. The van der Waals surface area contributed by atoms with Gasteiger partial charge in [0.05, 0.1) is 35.5 Å². The Morgan fingerprint density at radius 1 is 0.743 bits per heavy atom. The van der Waals surface area contributed by atoms with Gasteiger partial charge >= 0.3 is 0 Å². The minimum Gasteiger partial charge on any atom is -0.495 e. The van der Waals surface area contributed by atoms with Crippen LogP contribution in [-0.2, 0) is 0 Å². The first-order valence-electron chi connectivity index (χ1n) is 11.4. The van der Waals surface area contributed by atoms with E-state index in [1.54, 1.807) is 19.5 Å². The van der Waals surface area contributed by atoms with Gasteiger partial charge in [-0.1, -0.05) is 60.7 Å². The van der Waals surface area contributed by atoms with Crippen LogP contribution in [0, 0.1) is 11.3 Å². The lowest BCUT2D eigenvalue weighted by Crippen LogP contribution is -2.01. The lowest BCUT2D eigenvalue weighted by atomic mass is 9.94. The minimum atomic E-state index is 0.617. The molecule has 0 saturated heterocycles. The van der Waals surface area contributed by atoms with Crippen molar-refractivity contribution in [3.63, 3.8) is 0 Å².